The molecule has 1 aliphatic heterocycles. The van der Waals surface area contributed by atoms with Gasteiger partial charge in [0, 0.05) is 42.7 Å². The number of aliphatic hydroxyl groups excluding tert-OH is 1. The first kappa shape index (κ1) is 31.3. The number of carboxylic acid groups (broad SMARTS) is 1. The van der Waals surface area contributed by atoms with Gasteiger partial charge in [-0.1, -0.05) is 24.3 Å². The van der Waals surface area contributed by atoms with Gasteiger partial charge in [-0.2, -0.15) is 5.26 Å². The third-order valence-electron chi connectivity index (χ3n) is 7.63. The molecule has 2 heterocycles. The molecule has 0 fully saturated rings. The second-order valence-electron chi connectivity index (χ2n) is 10.8. The molecule has 10 nitrogen and oxygen atoms in total. The van der Waals surface area contributed by atoms with Gasteiger partial charge in [0.25, 0.3) is 0 Å². The van der Waals surface area contributed by atoms with Crippen LogP contribution in [0.25, 0.3) is 11.1 Å². The summed E-state index contributed by atoms with van der Waals surface area (Å²) in [6, 6.07) is 19.7. The van der Waals surface area contributed by atoms with E-state index in [1.807, 2.05) is 49.4 Å². The van der Waals surface area contributed by atoms with Gasteiger partial charge in [0.05, 0.1) is 18.1 Å². The highest BCUT2D eigenvalue weighted by Crippen LogP contribution is 2.36. The summed E-state index contributed by atoms with van der Waals surface area (Å²) in [4.78, 5) is 15.4. The lowest BCUT2D eigenvalue weighted by Crippen LogP contribution is -2.30. The highest BCUT2D eigenvalue weighted by atomic mass is 16.6. The summed E-state index contributed by atoms with van der Waals surface area (Å²) in [5, 5.41) is 31.0. The molecule has 1 aromatic heterocycles. The van der Waals surface area contributed by atoms with Gasteiger partial charge in [0.2, 0.25) is 0 Å². The van der Waals surface area contributed by atoms with Crippen LogP contribution in [0.1, 0.15) is 33.4 Å². The van der Waals surface area contributed by atoms with E-state index in [0.717, 1.165) is 50.4 Å². The Hall–Kier alpha value is -5.11. The number of hydrogen-bond acceptors (Lipinski definition) is 9. The number of hydrogen-bond donors (Lipinski definition) is 3. The van der Waals surface area contributed by atoms with Gasteiger partial charge < -0.3 is 34.5 Å². The van der Waals surface area contributed by atoms with Crippen LogP contribution in [-0.4, -0.2) is 47.5 Å². The number of nitrogens with one attached hydrogen (secondary N) is 1. The van der Waals surface area contributed by atoms with Crippen LogP contribution in [0.15, 0.2) is 67.0 Å². The van der Waals surface area contributed by atoms with E-state index in [9.17, 15) is 20.3 Å². The van der Waals surface area contributed by atoms with Crippen molar-refractivity contribution in [3.63, 3.8) is 0 Å². The number of ether oxygens (including phenoxy) is 4. The predicted molar refractivity (Wildman–Crippen MR) is 166 cm³/mol. The fourth-order valence-electron chi connectivity index (χ4n) is 5.08. The zero-order valence-corrected chi connectivity index (χ0v) is 25.2. The summed E-state index contributed by atoms with van der Waals surface area (Å²) in [6.07, 6.45) is 3.13. The first-order chi connectivity index (χ1) is 21.9. The van der Waals surface area contributed by atoms with Crippen molar-refractivity contribution in [3.8, 4) is 40.2 Å². The van der Waals surface area contributed by atoms with Crippen LogP contribution in [0.3, 0.4) is 0 Å². The second kappa shape index (κ2) is 14.6. The molecule has 10 heteroatoms. The number of rotatable bonds is 13. The van der Waals surface area contributed by atoms with E-state index in [1.165, 1.54) is 6.20 Å². The van der Waals surface area contributed by atoms with Crippen molar-refractivity contribution in [2.24, 2.45) is 5.92 Å². The number of benzene rings is 3. The van der Waals surface area contributed by atoms with E-state index in [2.05, 4.69) is 29.4 Å². The molecule has 0 saturated carbocycles. The zero-order valence-electron chi connectivity index (χ0n) is 25.2. The lowest BCUT2D eigenvalue weighted by molar-refractivity contribution is -0.142. The van der Waals surface area contributed by atoms with Crippen LogP contribution < -0.4 is 24.3 Å². The first-order valence-corrected chi connectivity index (χ1v) is 14.6. The Kier molecular flexibility index (Phi) is 10.1. The topological polar surface area (TPSA) is 143 Å². The van der Waals surface area contributed by atoms with Crippen molar-refractivity contribution in [1.29, 1.82) is 5.26 Å². The molecule has 0 radical (unpaired) electrons. The average molecular weight is 610 g/mol. The molecule has 0 unspecified atom stereocenters. The molecule has 3 aromatic carbocycles. The van der Waals surface area contributed by atoms with Crippen LogP contribution in [0, 0.1) is 31.1 Å². The lowest BCUT2D eigenvalue weighted by atomic mass is 9.96. The Labute approximate surface area is 261 Å². The highest BCUT2D eigenvalue weighted by molar-refractivity contribution is 5.71. The maximum absolute atomic E-state index is 11.3. The van der Waals surface area contributed by atoms with Gasteiger partial charge in [0.15, 0.2) is 11.5 Å². The number of aryl methyl sites for hydroxylation is 1. The minimum atomic E-state index is -1.07. The van der Waals surface area contributed by atoms with Gasteiger partial charge in [-0.25, -0.2) is 0 Å². The molecule has 3 N–H and O–H groups in total. The minimum absolute atomic E-state index is 0.0930. The summed E-state index contributed by atoms with van der Waals surface area (Å²) >= 11 is 0. The minimum Gasteiger partial charge on any atom is -0.488 e. The van der Waals surface area contributed by atoms with Crippen LogP contribution in [0.5, 0.6) is 23.0 Å². The summed E-state index contributed by atoms with van der Waals surface area (Å²) in [7, 11) is 0. The van der Waals surface area contributed by atoms with Crippen LogP contribution >= 0.6 is 0 Å². The van der Waals surface area contributed by atoms with Gasteiger partial charge in [0.1, 0.15) is 44.0 Å². The maximum atomic E-state index is 11.3. The third-order valence-corrected chi connectivity index (χ3v) is 7.63. The van der Waals surface area contributed by atoms with E-state index in [0.29, 0.717) is 43.4 Å². The molecule has 4 aromatic rings. The fourth-order valence-corrected chi connectivity index (χ4v) is 5.08. The van der Waals surface area contributed by atoms with E-state index < -0.39 is 18.5 Å². The van der Waals surface area contributed by atoms with Gasteiger partial charge in [-0.05, 0) is 65.9 Å². The van der Waals surface area contributed by atoms with Gasteiger partial charge >= 0.3 is 5.97 Å². The van der Waals surface area contributed by atoms with E-state index >= 15 is 0 Å². The van der Waals surface area contributed by atoms with Crippen molar-refractivity contribution >= 4 is 5.97 Å². The highest BCUT2D eigenvalue weighted by Gasteiger charge is 2.18. The molecule has 0 spiro atoms. The van der Waals surface area contributed by atoms with Crippen molar-refractivity contribution in [3.05, 3.63) is 100 Å². The van der Waals surface area contributed by atoms with Gasteiger partial charge in [-0.15, -0.1) is 0 Å². The molecule has 0 amide bonds. The first-order valence-electron chi connectivity index (χ1n) is 14.6. The SMILES string of the molecule is Cc1cc(CNC[C@@H](CO)C(=O)O)c(OCc2cncc(C#N)c2)cc1OCc1cccc(-c2ccc3c(c2)OCCO3)c1C. The van der Waals surface area contributed by atoms with Crippen molar-refractivity contribution in [2.45, 2.75) is 33.6 Å². The molecule has 0 aliphatic carbocycles. The number of nitrogens with zero attached hydrogens (tertiary/aromatic N) is 2. The molecule has 1 atom stereocenters. The Morgan fingerprint density at radius 2 is 1.80 bits per heavy atom. The van der Waals surface area contributed by atoms with Crippen LogP contribution in [0.4, 0.5) is 0 Å². The molecule has 0 bridgehead atoms. The average Bonchev–Trinajstić information content (AvgIpc) is 3.06. The molecular formula is C35H35N3O7. The maximum Gasteiger partial charge on any atom is 0.310 e. The standard InChI is InChI=1S/C35H35N3O7/c1-22-10-28(17-38-18-29(19-39)35(40)41)33(44-20-25-11-24(14-36)15-37-16-25)13-32(22)45-21-27-4-3-5-30(23(27)2)26-6-7-31-34(12-26)43-9-8-42-31/h3-7,10-13,15-16,29,38-39H,8-9,17-21H2,1-2H3,(H,40,41)/t29-/m0/s1. The van der Waals surface area contributed by atoms with E-state index in [1.54, 1.807) is 12.3 Å². The third kappa shape index (κ3) is 7.70. The Morgan fingerprint density at radius 3 is 2.58 bits per heavy atom. The second-order valence-corrected chi connectivity index (χ2v) is 10.8. The fraction of sp³-hybridized carbons (Fsp3) is 0.286. The van der Waals surface area contributed by atoms with Crippen molar-refractivity contribution < 1.29 is 34.0 Å². The number of carboxylic acids is 1. The number of aromatic nitrogens is 1. The number of pyridine rings is 1. The molecule has 45 heavy (non-hydrogen) atoms. The van der Waals surface area contributed by atoms with Crippen LogP contribution in [0.2, 0.25) is 0 Å². The molecule has 232 valence electrons. The molecule has 0 saturated heterocycles. The molecular weight excluding hydrogens is 574 g/mol. The summed E-state index contributed by atoms with van der Waals surface area (Å²) in [5.41, 5.74) is 7.06. The lowest BCUT2D eigenvalue weighted by Gasteiger charge is -2.20. The number of carbonyl (C=O) groups is 1. The summed E-state index contributed by atoms with van der Waals surface area (Å²) in [5.74, 6) is 0.684. The predicted octanol–water partition coefficient (Wildman–Crippen LogP) is 4.95. The van der Waals surface area contributed by atoms with Crippen molar-refractivity contribution in [2.75, 3.05) is 26.4 Å². The quantitative estimate of drug-likeness (QED) is 0.191. The molecule has 5 rings (SSSR count). The van der Waals surface area contributed by atoms with E-state index in [4.69, 9.17) is 18.9 Å². The summed E-state index contributed by atoms with van der Waals surface area (Å²) < 4.78 is 24.0. The van der Waals surface area contributed by atoms with E-state index in [-0.39, 0.29) is 13.2 Å². The summed E-state index contributed by atoms with van der Waals surface area (Å²) in [6.45, 7) is 5.52. The Balaban J connectivity index is 1.35. The largest absolute Gasteiger partial charge is 0.488 e. The van der Waals surface area contributed by atoms with Crippen molar-refractivity contribution in [1.82, 2.24) is 10.3 Å². The number of nitriles is 1. The number of aliphatic carboxylic acids is 1. The Morgan fingerprint density at radius 1 is 1.00 bits per heavy atom. The number of aliphatic hydroxyl groups is 1. The Bertz CT molecular complexity index is 1720. The zero-order chi connectivity index (χ0) is 31.8. The normalized spacial score (nSPS) is 12.7. The van der Waals surface area contributed by atoms with Gasteiger partial charge in [-0.3, -0.25) is 9.78 Å². The monoisotopic (exact) mass is 609 g/mol. The van der Waals surface area contributed by atoms with Crippen LogP contribution in [-0.2, 0) is 24.6 Å². The smallest absolute Gasteiger partial charge is 0.310 e. The number of fused-ring (bicyclic) bond motifs is 1. The molecule has 1 aliphatic rings.